The van der Waals surface area contributed by atoms with Crippen LogP contribution in [0.4, 0.5) is 4.39 Å². The first-order chi connectivity index (χ1) is 9.63. The highest BCUT2D eigenvalue weighted by Gasteiger charge is 2.32. The van der Waals surface area contributed by atoms with Crippen LogP contribution in [0.5, 0.6) is 0 Å². The number of benzene rings is 1. The van der Waals surface area contributed by atoms with Gasteiger partial charge in [-0.25, -0.2) is 9.18 Å². The van der Waals surface area contributed by atoms with Crippen LogP contribution < -0.4 is 0 Å². The first kappa shape index (κ1) is 14.5. The van der Waals surface area contributed by atoms with Gasteiger partial charge in [-0.3, -0.25) is 4.79 Å². The zero-order chi connectivity index (χ0) is 14.5. The van der Waals surface area contributed by atoms with Gasteiger partial charge in [0.15, 0.2) is 0 Å². The second kappa shape index (κ2) is 6.50. The molecule has 1 aliphatic heterocycles. The zero-order valence-electron chi connectivity index (χ0n) is 11.5. The third-order valence-corrected chi connectivity index (χ3v) is 3.60. The number of methoxy groups -OCH3 is 1. The first-order valence-electron chi connectivity index (χ1n) is 6.74. The van der Waals surface area contributed by atoms with E-state index in [2.05, 4.69) is 0 Å². The molecule has 1 aliphatic rings. The van der Waals surface area contributed by atoms with E-state index in [1.54, 1.807) is 18.2 Å². The Hall–Kier alpha value is -1.91. The van der Waals surface area contributed by atoms with Gasteiger partial charge in [0.2, 0.25) is 5.91 Å². The van der Waals surface area contributed by atoms with E-state index in [1.807, 2.05) is 0 Å². The Morgan fingerprint density at radius 1 is 1.35 bits per heavy atom. The minimum atomic E-state index is -0.534. The van der Waals surface area contributed by atoms with Gasteiger partial charge in [-0.15, -0.1) is 0 Å². The molecule has 0 aromatic heterocycles. The number of nitrogens with zero attached hydrogens (tertiary/aromatic N) is 1. The van der Waals surface area contributed by atoms with Crippen molar-refractivity contribution in [3.63, 3.8) is 0 Å². The number of ether oxygens (including phenoxy) is 1. The van der Waals surface area contributed by atoms with Gasteiger partial charge in [-0.1, -0.05) is 18.2 Å². The van der Waals surface area contributed by atoms with Crippen LogP contribution in [-0.4, -0.2) is 36.5 Å². The minimum Gasteiger partial charge on any atom is -0.467 e. The summed E-state index contributed by atoms with van der Waals surface area (Å²) in [7, 11) is 1.32. The van der Waals surface area contributed by atoms with E-state index >= 15 is 0 Å². The lowest BCUT2D eigenvalue weighted by Gasteiger charge is -2.33. The average Bonchev–Trinajstić information content (AvgIpc) is 2.48. The number of piperidine rings is 1. The predicted molar refractivity (Wildman–Crippen MR) is 71.5 cm³/mol. The number of esters is 1. The molecule has 1 aromatic carbocycles. The average molecular weight is 279 g/mol. The van der Waals surface area contributed by atoms with Gasteiger partial charge in [-0.05, 0) is 30.9 Å². The van der Waals surface area contributed by atoms with Gasteiger partial charge in [0.25, 0.3) is 0 Å². The molecule has 4 nitrogen and oxygen atoms in total. The molecule has 0 aliphatic carbocycles. The van der Waals surface area contributed by atoms with Crippen molar-refractivity contribution in [1.29, 1.82) is 0 Å². The van der Waals surface area contributed by atoms with E-state index < -0.39 is 17.8 Å². The molecule has 0 saturated carbocycles. The normalized spacial score (nSPS) is 18.7. The number of carbonyl (C=O) groups is 2. The van der Waals surface area contributed by atoms with Crippen molar-refractivity contribution in [2.45, 2.75) is 31.7 Å². The van der Waals surface area contributed by atoms with Gasteiger partial charge in [0, 0.05) is 6.54 Å². The standard InChI is InChI=1S/C15H18FNO3/c1-20-15(19)13-8-4-5-9-17(13)14(18)10-11-6-2-3-7-12(11)16/h2-3,6-7,13H,4-5,8-10H2,1H3/t13-/m1/s1. The van der Waals surface area contributed by atoms with Gasteiger partial charge < -0.3 is 9.64 Å². The summed E-state index contributed by atoms with van der Waals surface area (Å²) in [5, 5.41) is 0. The van der Waals surface area contributed by atoms with E-state index in [-0.39, 0.29) is 12.3 Å². The first-order valence-corrected chi connectivity index (χ1v) is 6.74. The van der Waals surface area contributed by atoms with Gasteiger partial charge in [0.05, 0.1) is 13.5 Å². The van der Waals surface area contributed by atoms with Crippen molar-refractivity contribution < 1.29 is 18.7 Å². The van der Waals surface area contributed by atoms with Crippen LogP contribution >= 0.6 is 0 Å². The molecule has 1 fully saturated rings. The van der Waals surface area contributed by atoms with E-state index in [0.717, 1.165) is 12.8 Å². The lowest BCUT2D eigenvalue weighted by Crippen LogP contribution is -2.49. The van der Waals surface area contributed by atoms with E-state index in [0.29, 0.717) is 18.5 Å². The summed E-state index contributed by atoms with van der Waals surface area (Å²) in [4.78, 5) is 25.5. The van der Waals surface area contributed by atoms with E-state index in [9.17, 15) is 14.0 Å². The molecule has 0 bridgehead atoms. The highest BCUT2D eigenvalue weighted by atomic mass is 19.1. The molecule has 108 valence electrons. The second-order valence-electron chi connectivity index (χ2n) is 4.89. The molecule has 20 heavy (non-hydrogen) atoms. The summed E-state index contributed by atoms with van der Waals surface area (Å²) in [5.41, 5.74) is 0.353. The Kier molecular flexibility index (Phi) is 4.71. The predicted octanol–water partition coefficient (Wildman–Crippen LogP) is 1.92. The van der Waals surface area contributed by atoms with Gasteiger partial charge in [0.1, 0.15) is 11.9 Å². The number of halogens is 1. The maximum Gasteiger partial charge on any atom is 0.328 e. The molecule has 1 atom stereocenters. The van der Waals surface area contributed by atoms with Gasteiger partial charge in [-0.2, -0.15) is 0 Å². The van der Waals surface area contributed by atoms with Crippen LogP contribution in [0.25, 0.3) is 0 Å². The van der Waals surface area contributed by atoms with Crippen molar-refractivity contribution in [1.82, 2.24) is 4.90 Å². The largest absolute Gasteiger partial charge is 0.467 e. The molecule has 1 heterocycles. The molecular weight excluding hydrogens is 261 g/mol. The van der Waals surface area contributed by atoms with Crippen LogP contribution in [0.15, 0.2) is 24.3 Å². The molecule has 1 aromatic rings. The summed E-state index contributed by atoms with van der Waals surface area (Å²) >= 11 is 0. The third kappa shape index (κ3) is 3.15. The van der Waals surface area contributed by atoms with Crippen LogP contribution in [0, 0.1) is 5.82 Å². The molecule has 1 amide bonds. The monoisotopic (exact) mass is 279 g/mol. The lowest BCUT2D eigenvalue weighted by molar-refractivity contribution is -0.154. The third-order valence-electron chi connectivity index (χ3n) is 3.60. The van der Waals surface area contributed by atoms with Crippen molar-refractivity contribution in [2.75, 3.05) is 13.7 Å². The summed E-state index contributed by atoms with van der Waals surface area (Å²) in [6.45, 7) is 0.521. The molecule has 5 heteroatoms. The number of hydrogen-bond acceptors (Lipinski definition) is 3. The fourth-order valence-corrected chi connectivity index (χ4v) is 2.52. The molecule has 0 unspecified atom stereocenters. The summed E-state index contributed by atoms with van der Waals surface area (Å²) in [6, 6.07) is 5.66. The molecule has 2 rings (SSSR count). The maximum atomic E-state index is 13.6. The Balaban J connectivity index is 2.10. The topological polar surface area (TPSA) is 46.6 Å². The second-order valence-corrected chi connectivity index (χ2v) is 4.89. The molecule has 0 N–H and O–H groups in total. The number of amides is 1. The maximum absolute atomic E-state index is 13.6. The van der Waals surface area contributed by atoms with E-state index in [1.165, 1.54) is 18.1 Å². The number of carbonyl (C=O) groups excluding carboxylic acids is 2. The van der Waals surface area contributed by atoms with Crippen LogP contribution in [0.2, 0.25) is 0 Å². The number of rotatable bonds is 3. The lowest BCUT2D eigenvalue weighted by atomic mass is 10.0. The summed E-state index contributed by atoms with van der Waals surface area (Å²) in [6.07, 6.45) is 2.33. The minimum absolute atomic E-state index is 0.0276. The summed E-state index contributed by atoms with van der Waals surface area (Å²) < 4.78 is 18.3. The SMILES string of the molecule is COC(=O)[C@H]1CCCCN1C(=O)Cc1ccccc1F. The quantitative estimate of drug-likeness (QED) is 0.794. The van der Waals surface area contributed by atoms with Crippen molar-refractivity contribution in [3.05, 3.63) is 35.6 Å². The van der Waals surface area contributed by atoms with Crippen molar-refractivity contribution in [2.24, 2.45) is 0 Å². The molecule has 0 radical (unpaired) electrons. The highest BCUT2D eigenvalue weighted by molar-refractivity contribution is 5.86. The van der Waals surface area contributed by atoms with Gasteiger partial charge >= 0.3 is 5.97 Å². The van der Waals surface area contributed by atoms with Crippen molar-refractivity contribution >= 4 is 11.9 Å². The Bertz CT molecular complexity index is 504. The summed E-state index contributed by atoms with van der Waals surface area (Å²) in [5.74, 6) is -1.02. The highest BCUT2D eigenvalue weighted by Crippen LogP contribution is 2.20. The molecular formula is C15H18FNO3. The van der Waals surface area contributed by atoms with E-state index in [4.69, 9.17) is 4.74 Å². The Morgan fingerprint density at radius 2 is 2.10 bits per heavy atom. The Labute approximate surface area is 117 Å². The molecule has 1 saturated heterocycles. The van der Waals surface area contributed by atoms with Crippen LogP contribution in [-0.2, 0) is 20.7 Å². The van der Waals surface area contributed by atoms with Crippen molar-refractivity contribution in [3.8, 4) is 0 Å². The fourth-order valence-electron chi connectivity index (χ4n) is 2.52. The fraction of sp³-hybridized carbons (Fsp3) is 0.467. The molecule has 0 spiro atoms. The number of hydrogen-bond donors (Lipinski definition) is 0. The smallest absolute Gasteiger partial charge is 0.328 e. The Morgan fingerprint density at radius 3 is 2.80 bits per heavy atom. The van der Waals surface area contributed by atoms with Crippen LogP contribution in [0.1, 0.15) is 24.8 Å². The zero-order valence-corrected chi connectivity index (χ0v) is 11.5. The number of likely N-dealkylation sites (tertiary alicyclic amines) is 1. The van der Waals surface area contributed by atoms with Crippen LogP contribution in [0.3, 0.4) is 0 Å².